The number of hydrogen-bond acceptors (Lipinski definition) is 4. The Bertz CT molecular complexity index is 1210. The summed E-state index contributed by atoms with van der Waals surface area (Å²) in [6.45, 7) is 3.40. The second-order valence-electron chi connectivity index (χ2n) is 8.62. The van der Waals surface area contributed by atoms with Gasteiger partial charge in [-0.2, -0.15) is 0 Å². The van der Waals surface area contributed by atoms with Gasteiger partial charge < -0.3 is 25.4 Å². The van der Waals surface area contributed by atoms with Crippen LogP contribution in [0.3, 0.4) is 0 Å². The number of amides is 4. The number of carbonyl (C=O) groups excluding carboxylic acids is 4. The third-order valence-electron chi connectivity index (χ3n) is 5.68. The van der Waals surface area contributed by atoms with Gasteiger partial charge in [-0.15, -0.1) is 0 Å². The van der Waals surface area contributed by atoms with Gasteiger partial charge in [0, 0.05) is 50.8 Å². The monoisotopic (exact) mass is 469 g/mol. The fourth-order valence-corrected chi connectivity index (χ4v) is 3.81. The van der Waals surface area contributed by atoms with Crippen LogP contribution < -0.4 is 10.6 Å². The lowest BCUT2D eigenvalue weighted by molar-refractivity contribution is -0.136. The van der Waals surface area contributed by atoms with Crippen molar-refractivity contribution in [2.24, 2.45) is 0 Å². The number of hydrogen-bond donors (Lipinski definition) is 3. The Labute approximate surface area is 197 Å². The number of aryl methyl sites for hydroxylation is 1. The molecule has 4 amide bonds. The van der Waals surface area contributed by atoms with Crippen molar-refractivity contribution < 1.29 is 23.6 Å². The number of nitrogens with zero attached hydrogens (tertiary/aromatic N) is 2. The van der Waals surface area contributed by atoms with Crippen LogP contribution in [0.1, 0.15) is 39.3 Å². The van der Waals surface area contributed by atoms with Crippen molar-refractivity contribution in [1.82, 2.24) is 20.1 Å². The number of aromatic nitrogens is 1. The van der Waals surface area contributed by atoms with Crippen molar-refractivity contribution in [2.45, 2.75) is 26.3 Å². The normalized spacial score (nSPS) is 14.4. The number of nitrogens with one attached hydrogen (secondary N) is 3. The highest BCUT2D eigenvalue weighted by atomic mass is 19.1. The van der Waals surface area contributed by atoms with Crippen LogP contribution in [0.4, 0.5) is 10.1 Å². The van der Waals surface area contributed by atoms with E-state index in [1.54, 1.807) is 48.1 Å². The van der Waals surface area contributed by atoms with Gasteiger partial charge in [0.25, 0.3) is 11.8 Å². The average Bonchev–Trinajstić information content (AvgIpc) is 3.21. The molecule has 1 aromatic carbocycles. The highest BCUT2D eigenvalue weighted by Crippen LogP contribution is 2.34. The van der Waals surface area contributed by atoms with Gasteiger partial charge in [-0.3, -0.25) is 19.2 Å². The first-order valence-electron chi connectivity index (χ1n) is 10.6. The Morgan fingerprint density at radius 2 is 1.79 bits per heavy atom. The molecule has 1 unspecified atom stereocenters. The zero-order valence-corrected chi connectivity index (χ0v) is 20.0. The molecule has 0 saturated heterocycles. The predicted octanol–water partition coefficient (Wildman–Crippen LogP) is 1.93. The summed E-state index contributed by atoms with van der Waals surface area (Å²) < 4.78 is 13.8. The Hall–Kier alpha value is -3.95. The van der Waals surface area contributed by atoms with Gasteiger partial charge in [-0.05, 0) is 43.7 Å². The summed E-state index contributed by atoms with van der Waals surface area (Å²) >= 11 is 0. The lowest BCUT2D eigenvalue weighted by Crippen LogP contribution is -2.48. The molecule has 2 heterocycles. The molecule has 0 aliphatic carbocycles. The maximum Gasteiger partial charge on any atom is 0.256 e. The third-order valence-corrected chi connectivity index (χ3v) is 5.68. The van der Waals surface area contributed by atoms with Crippen LogP contribution in [0.2, 0.25) is 0 Å². The van der Waals surface area contributed by atoms with Gasteiger partial charge in [0.15, 0.2) is 0 Å². The predicted molar refractivity (Wildman–Crippen MR) is 126 cm³/mol. The number of fused-ring (bicyclic) bond motifs is 1. The van der Waals surface area contributed by atoms with Gasteiger partial charge in [0.05, 0.1) is 17.6 Å². The van der Waals surface area contributed by atoms with Crippen molar-refractivity contribution in [3.05, 3.63) is 52.1 Å². The van der Waals surface area contributed by atoms with E-state index in [4.69, 9.17) is 0 Å². The molecule has 1 atom stereocenters. The van der Waals surface area contributed by atoms with Crippen LogP contribution in [0.25, 0.3) is 11.6 Å². The molecule has 1 aromatic heterocycles. The second kappa shape index (κ2) is 9.50. The smallest absolute Gasteiger partial charge is 0.256 e. The molecule has 3 rings (SSSR count). The molecule has 1 aliphatic rings. The lowest BCUT2D eigenvalue weighted by Gasteiger charge is -2.23. The van der Waals surface area contributed by atoms with E-state index in [2.05, 4.69) is 15.6 Å². The van der Waals surface area contributed by atoms with Crippen LogP contribution in [0.5, 0.6) is 0 Å². The van der Waals surface area contributed by atoms with E-state index in [0.29, 0.717) is 33.8 Å². The number of benzene rings is 1. The number of halogens is 1. The summed E-state index contributed by atoms with van der Waals surface area (Å²) in [4.78, 5) is 56.2. The number of rotatable bonds is 6. The van der Waals surface area contributed by atoms with E-state index < -0.39 is 23.7 Å². The molecule has 0 saturated carbocycles. The molecule has 3 N–H and O–H groups in total. The van der Waals surface area contributed by atoms with Crippen LogP contribution in [0.15, 0.2) is 18.2 Å². The first kappa shape index (κ1) is 24.7. The zero-order valence-electron chi connectivity index (χ0n) is 20.0. The van der Waals surface area contributed by atoms with Gasteiger partial charge in [-0.25, -0.2) is 4.39 Å². The molecule has 0 bridgehead atoms. The van der Waals surface area contributed by atoms with Crippen LogP contribution >= 0.6 is 0 Å². The minimum absolute atomic E-state index is 0.183. The molecule has 0 radical (unpaired) electrons. The Morgan fingerprint density at radius 3 is 2.41 bits per heavy atom. The van der Waals surface area contributed by atoms with Gasteiger partial charge in [0.2, 0.25) is 11.8 Å². The number of likely N-dealkylation sites (N-methyl/N-ethyl adjacent to an activating group) is 1. The quantitative estimate of drug-likeness (QED) is 0.561. The van der Waals surface area contributed by atoms with Crippen molar-refractivity contribution in [2.75, 3.05) is 33.5 Å². The summed E-state index contributed by atoms with van der Waals surface area (Å²) in [7, 11) is 6.24. The molecule has 10 heteroatoms. The largest absolute Gasteiger partial charge is 0.358 e. The van der Waals surface area contributed by atoms with Crippen molar-refractivity contribution >= 4 is 41.0 Å². The number of anilines is 1. The standard InChI is InChI=1S/C24H28FN5O4/c1-12-18(10-16-15-9-14(25)7-8-17(15)27-22(16)32)26-13(2)21(12)23(33)28-19(24(34)30(5)6)11-20(31)29(3)4/h7-10,19,26H,11H2,1-6H3,(H,27,32)(H,28,33). The highest BCUT2D eigenvalue weighted by molar-refractivity contribution is 6.34. The van der Waals surface area contributed by atoms with E-state index in [1.165, 1.54) is 28.0 Å². The third kappa shape index (κ3) is 4.85. The molecular weight excluding hydrogens is 441 g/mol. The highest BCUT2D eigenvalue weighted by Gasteiger charge is 2.29. The average molecular weight is 470 g/mol. The Morgan fingerprint density at radius 1 is 1.12 bits per heavy atom. The Kier molecular flexibility index (Phi) is 6.90. The molecule has 9 nitrogen and oxygen atoms in total. The molecule has 0 fully saturated rings. The number of carbonyl (C=O) groups is 4. The summed E-state index contributed by atoms with van der Waals surface area (Å²) in [5.74, 6) is -2.07. The fourth-order valence-electron chi connectivity index (χ4n) is 3.81. The maximum absolute atomic E-state index is 13.8. The zero-order chi connectivity index (χ0) is 25.3. The first-order valence-corrected chi connectivity index (χ1v) is 10.6. The van der Waals surface area contributed by atoms with Crippen LogP contribution in [-0.4, -0.2) is 72.6 Å². The van der Waals surface area contributed by atoms with E-state index in [-0.39, 0.29) is 23.8 Å². The number of H-pyrrole nitrogens is 1. The molecule has 34 heavy (non-hydrogen) atoms. The molecule has 180 valence electrons. The number of aromatic amines is 1. The van der Waals surface area contributed by atoms with Gasteiger partial charge in [0.1, 0.15) is 11.9 Å². The van der Waals surface area contributed by atoms with Crippen molar-refractivity contribution in [3.8, 4) is 0 Å². The summed E-state index contributed by atoms with van der Waals surface area (Å²) in [6.07, 6.45) is 1.38. The summed E-state index contributed by atoms with van der Waals surface area (Å²) in [5, 5.41) is 5.36. The molecule has 0 spiro atoms. The van der Waals surface area contributed by atoms with Gasteiger partial charge in [-0.1, -0.05) is 0 Å². The SMILES string of the molecule is Cc1[nH]c(C=C2C(=O)Nc3ccc(F)cc32)c(C)c1C(=O)NC(CC(=O)N(C)C)C(=O)N(C)C. The summed E-state index contributed by atoms with van der Waals surface area (Å²) in [6, 6.07) is 2.99. The van der Waals surface area contributed by atoms with Crippen LogP contribution in [0, 0.1) is 19.7 Å². The minimum Gasteiger partial charge on any atom is -0.358 e. The van der Waals surface area contributed by atoms with E-state index in [1.807, 2.05) is 0 Å². The first-order chi connectivity index (χ1) is 15.9. The van der Waals surface area contributed by atoms with E-state index in [0.717, 1.165) is 0 Å². The van der Waals surface area contributed by atoms with Crippen molar-refractivity contribution in [1.29, 1.82) is 0 Å². The lowest BCUT2D eigenvalue weighted by atomic mass is 10.0. The van der Waals surface area contributed by atoms with E-state index >= 15 is 0 Å². The maximum atomic E-state index is 13.8. The molecule has 1 aliphatic heterocycles. The minimum atomic E-state index is -1.04. The van der Waals surface area contributed by atoms with E-state index in [9.17, 15) is 23.6 Å². The fraction of sp³-hybridized carbons (Fsp3) is 0.333. The molecule has 2 aromatic rings. The second-order valence-corrected chi connectivity index (χ2v) is 8.62. The topological polar surface area (TPSA) is 115 Å². The Balaban J connectivity index is 1.93. The summed E-state index contributed by atoms with van der Waals surface area (Å²) in [5.41, 5.74) is 3.09. The van der Waals surface area contributed by atoms with Crippen LogP contribution in [-0.2, 0) is 14.4 Å². The molecular formula is C24H28FN5O4. The van der Waals surface area contributed by atoms with Crippen molar-refractivity contribution in [3.63, 3.8) is 0 Å². The van der Waals surface area contributed by atoms with Gasteiger partial charge >= 0.3 is 0 Å².